The van der Waals surface area contributed by atoms with E-state index >= 15 is 0 Å². The fourth-order valence-electron chi connectivity index (χ4n) is 4.57. The number of aromatic nitrogens is 2. The fourth-order valence-corrected chi connectivity index (χ4v) is 4.57. The van der Waals surface area contributed by atoms with Crippen molar-refractivity contribution in [2.45, 2.75) is 64.8 Å². The van der Waals surface area contributed by atoms with E-state index in [-0.39, 0.29) is 11.9 Å². The molecule has 1 saturated heterocycles. The number of piperidine rings is 1. The first-order chi connectivity index (χ1) is 14.6. The van der Waals surface area contributed by atoms with Crippen molar-refractivity contribution < 1.29 is 4.79 Å². The highest BCUT2D eigenvalue weighted by Gasteiger charge is 2.27. The molecule has 1 amide bonds. The van der Waals surface area contributed by atoms with Crippen molar-refractivity contribution in [2.24, 2.45) is 0 Å². The number of rotatable bonds is 5. The molecule has 1 N–H and O–H groups in total. The lowest BCUT2D eigenvalue weighted by Gasteiger charge is -2.31. The lowest BCUT2D eigenvalue weighted by atomic mass is 10.0. The van der Waals surface area contributed by atoms with Gasteiger partial charge in [0.2, 0.25) is 0 Å². The Labute approximate surface area is 180 Å². The number of nitrogens with one attached hydrogen (secondary N) is 1. The average molecular weight is 407 g/mol. The third-order valence-corrected chi connectivity index (χ3v) is 6.33. The van der Waals surface area contributed by atoms with E-state index < -0.39 is 0 Å². The van der Waals surface area contributed by atoms with Gasteiger partial charge in [-0.3, -0.25) is 9.69 Å². The van der Waals surface area contributed by atoms with E-state index in [0.717, 1.165) is 69.4 Å². The van der Waals surface area contributed by atoms with Crippen LogP contribution in [-0.4, -0.2) is 46.3 Å². The van der Waals surface area contributed by atoms with Gasteiger partial charge in [0.1, 0.15) is 0 Å². The first kappa shape index (κ1) is 20.9. The second kappa shape index (κ2) is 9.61. The van der Waals surface area contributed by atoms with E-state index in [1.54, 1.807) is 0 Å². The summed E-state index contributed by atoms with van der Waals surface area (Å²) in [6.45, 7) is 7.36. The van der Waals surface area contributed by atoms with Gasteiger partial charge >= 0.3 is 0 Å². The Balaban J connectivity index is 1.48. The Morgan fingerprint density at radius 1 is 1.10 bits per heavy atom. The molecular weight excluding hydrogens is 372 g/mol. The number of hydrogen-bond donors (Lipinski definition) is 1. The maximum Gasteiger partial charge on any atom is 0.272 e. The van der Waals surface area contributed by atoms with Crippen LogP contribution in [0.2, 0.25) is 0 Å². The molecule has 0 bridgehead atoms. The number of carbonyl (C=O) groups excluding carboxylic acids is 1. The molecule has 5 heteroatoms. The molecule has 160 valence electrons. The van der Waals surface area contributed by atoms with Crippen LogP contribution in [0.25, 0.3) is 5.69 Å². The smallest absolute Gasteiger partial charge is 0.272 e. The van der Waals surface area contributed by atoms with E-state index in [1.807, 2.05) is 22.9 Å². The number of carbonyl (C=O) groups is 1. The number of allylic oxidation sites excluding steroid dienone is 1. The quantitative estimate of drug-likeness (QED) is 0.595. The van der Waals surface area contributed by atoms with Crippen molar-refractivity contribution in [1.29, 1.82) is 0 Å². The minimum Gasteiger partial charge on any atom is -0.348 e. The molecule has 2 aromatic rings. The van der Waals surface area contributed by atoms with Gasteiger partial charge in [-0.1, -0.05) is 36.3 Å². The molecule has 0 saturated carbocycles. The summed E-state index contributed by atoms with van der Waals surface area (Å²) in [7, 11) is 0. The van der Waals surface area contributed by atoms with E-state index in [1.165, 1.54) is 17.7 Å². The number of hydrogen-bond acceptors (Lipinski definition) is 3. The molecular formula is C25H34N4O. The van der Waals surface area contributed by atoms with Gasteiger partial charge in [-0.2, -0.15) is 5.10 Å². The third-order valence-electron chi connectivity index (χ3n) is 6.33. The molecule has 30 heavy (non-hydrogen) atoms. The molecule has 2 aliphatic rings. The normalized spacial score (nSPS) is 17.8. The number of para-hydroxylation sites is 1. The molecule has 0 radical (unpaired) electrons. The molecule has 2 heterocycles. The van der Waals surface area contributed by atoms with Gasteiger partial charge in [-0.05, 0) is 64.5 Å². The van der Waals surface area contributed by atoms with Crippen LogP contribution in [-0.2, 0) is 12.8 Å². The second-order valence-corrected chi connectivity index (χ2v) is 8.91. The van der Waals surface area contributed by atoms with Gasteiger partial charge in [-0.25, -0.2) is 4.68 Å². The monoisotopic (exact) mass is 406 g/mol. The highest BCUT2D eigenvalue weighted by atomic mass is 16.2. The van der Waals surface area contributed by atoms with E-state index in [4.69, 9.17) is 5.10 Å². The second-order valence-electron chi connectivity index (χ2n) is 8.91. The number of nitrogens with zero attached hydrogens (tertiary/aromatic N) is 3. The highest BCUT2D eigenvalue weighted by Crippen LogP contribution is 2.26. The molecule has 1 fully saturated rings. The zero-order chi connectivity index (χ0) is 20.9. The van der Waals surface area contributed by atoms with Crippen LogP contribution in [0, 0.1) is 0 Å². The van der Waals surface area contributed by atoms with Crippen LogP contribution in [0.15, 0.2) is 42.0 Å². The maximum absolute atomic E-state index is 13.2. The number of fused-ring (bicyclic) bond motifs is 1. The molecule has 1 aromatic heterocycles. The predicted molar refractivity (Wildman–Crippen MR) is 121 cm³/mol. The van der Waals surface area contributed by atoms with Crippen molar-refractivity contribution in [1.82, 2.24) is 20.0 Å². The first-order valence-corrected chi connectivity index (χ1v) is 11.4. The van der Waals surface area contributed by atoms with Gasteiger partial charge in [0.05, 0.1) is 5.69 Å². The minimum absolute atomic E-state index is 0.00517. The van der Waals surface area contributed by atoms with Crippen molar-refractivity contribution in [3.8, 4) is 5.69 Å². The largest absolute Gasteiger partial charge is 0.348 e. The van der Waals surface area contributed by atoms with Crippen LogP contribution >= 0.6 is 0 Å². The van der Waals surface area contributed by atoms with Gasteiger partial charge < -0.3 is 5.32 Å². The lowest BCUT2D eigenvalue weighted by Crippen LogP contribution is -2.45. The maximum atomic E-state index is 13.2. The zero-order valence-electron chi connectivity index (χ0n) is 18.4. The van der Waals surface area contributed by atoms with Gasteiger partial charge in [0, 0.05) is 36.9 Å². The lowest BCUT2D eigenvalue weighted by molar-refractivity contribution is 0.0907. The molecule has 5 nitrogen and oxygen atoms in total. The van der Waals surface area contributed by atoms with E-state index in [0.29, 0.717) is 5.69 Å². The Kier molecular flexibility index (Phi) is 6.68. The average Bonchev–Trinajstić information content (AvgIpc) is 2.95. The van der Waals surface area contributed by atoms with Crippen LogP contribution < -0.4 is 5.32 Å². The molecule has 0 atom stereocenters. The molecule has 1 aromatic carbocycles. The molecule has 0 spiro atoms. The highest BCUT2D eigenvalue weighted by molar-refractivity contribution is 5.94. The summed E-state index contributed by atoms with van der Waals surface area (Å²) in [6, 6.07) is 10.5. The molecule has 4 rings (SSSR count). The Bertz CT molecular complexity index is 887. The van der Waals surface area contributed by atoms with E-state index in [9.17, 15) is 4.79 Å². The Morgan fingerprint density at radius 2 is 1.83 bits per heavy atom. The predicted octanol–water partition coefficient (Wildman–Crippen LogP) is 4.30. The Morgan fingerprint density at radius 3 is 2.57 bits per heavy atom. The summed E-state index contributed by atoms with van der Waals surface area (Å²) in [5.41, 5.74) is 5.43. The van der Waals surface area contributed by atoms with Crippen molar-refractivity contribution in [3.63, 3.8) is 0 Å². The topological polar surface area (TPSA) is 50.2 Å². The van der Waals surface area contributed by atoms with Crippen LogP contribution in [0.4, 0.5) is 0 Å². The summed E-state index contributed by atoms with van der Waals surface area (Å²) in [4.78, 5) is 15.7. The summed E-state index contributed by atoms with van der Waals surface area (Å²) in [6.07, 6.45) is 9.75. The fraction of sp³-hybridized carbons (Fsp3) is 0.520. The number of benzene rings is 1. The SMILES string of the molecule is CC(C)=CCN1CCC(NC(=O)c2nn(-c3ccccc3)c3c2CCCCC3)CC1. The van der Waals surface area contributed by atoms with Gasteiger partial charge in [0.25, 0.3) is 5.91 Å². The van der Waals surface area contributed by atoms with Crippen LogP contribution in [0.1, 0.15) is 67.7 Å². The summed E-state index contributed by atoms with van der Waals surface area (Å²) in [5, 5.41) is 8.12. The molecule has 1 aliphatic heterocycles. The van der Waals surface area contributed by atoms with Crippen molar-refractivity contribution in [2.75, 3.05) is 19.6 Å². The molecule has 1 aliphatic carbocycles. The van der Waals surface area contributed by atoms with Crippen LogP contribution in [0.3, 0.4) is 0 Å². The zero-order valence-corrected chi connectivity index (χ0v) is 18.4. The minimum atomic E-state index is 0.00517. The third kappa shape index (κ3) is 4.84. The Hall–Kier alpha value is -2.40. The van der Waals surface area contributed by atoms with Crippen molar-refractivity contribution >= 4 is 5.91 Å². The van der Waals surface area contributed by atoms with Crippen molar-refractivity contribution in [3.05, 3.63) is 58.9 Å². The standard InChI is InChI=1S/C25H34N4O/c1-19(2)13-16-28-17-14-20(15-18-28)26-25(30)24-22-11-7-4-8-12-23(22)29(27-24)21-9-5-3-6-10-21/h3,5-6,9-10,13,20H,4,7-8,11-12,14-18H2,1-2H3,(H,26,30). The molecule has 0 unspecified atom stereocenters. The van der Waals surface area contributed by atoms with Gasteiger partial charge in [-0.15, -0.1) is 0 Å². The summed E-state index contributed by atoms with van der Waals surface area (Å²) < 4.78 is 2.01. The summed E-state index contributed by atoms with van der Waals surface area (Å²) in [5.74, 6) is 0.00517. The number of likely N-dealkylation sites (tertiary alicyclic amines) is 1. The number of amides is 1. The van der Waals surface area contributed by atoms with Crippen LogP contribution in [0.5, 0.6) is 0 Å². The summed E-state index contributed by atoms with van der Waals surface area (Å²) >= 11 is 0. The first-order valence-electron chi connectivity index (χ1n) is 11.4. The van der Waals surface area contributed by atoms with E-state index in [2.05, 4.69) is 42.3 Å². The van der Waals surface area contributed by atoms with Gasteiger partial charge in [0.15, 0.2) is 5.69 Å².